The number of ether oxygens (including phenoxy) is 2. The van der Waals surface area contributed by atoms with Gasteiger partial charge in [-0.3, -0.25) is 4.98 Å². The second kappa shape index (κ2) is 9.29. The van der Waals surface area contributed by atoms with Crippen molar-refractivity contribution in [3.63, 3.8) is 0 Å². The predicted octanol–water partition coefficient (Wildman–Crippen LogP) is 5.66. The van der Waals surface area contributed by atoms with Crippen molar-refractivity contribution in [3.05, 3.63) is 83.0 Å². The summed E-state index contributed by atoms with van der Waals surface area (Å²) in [7, 11) is -0.806. The summed E-state index contributed by atoms with van der Waals surface area (Å²) < 4.78 is 38.0. The first-order chi connectivity index (χ1) is 15.8. The van der Waals surface area contributed by atoms with Crippen LogP contribution in [0.1, 0.15) is 11.1 Å². The summed E-state index contributed by atoms with van der Waals surface area (Å²) in [6, 6.07) is 17.6. The molecule has 4 rings (SSSR count). The van der Waals surface area contributed by atoms with Gasteiger partial charge in [-0.2, -0.15) is 0 Å². The molecule has 0 radical (unpaired) electrons. The molecule has 1 heterocycles. The molecule has 0 aliphatic heterocycles. The van der Waals surface area contributed by atoms with Gasteiger partial charge in [-0.25, -0.2) is 8.42 Å². The maximum absolute atomic E-state index is 13.6. The van der Waals surface area contributed by atoms with Crippen molar-refractivity contribution in [1.82, 2.24) is 4.98 Å². The Hall–Kier alpha value is -3.29. The van der Waals surface area contributed by atoms with E-state index in [-0.39, 0.29) is 9.79 Å². The fourth-order valence-corrected chi connectivity index (χ4v) is 5.04. The Morgan fingerprint density at radius 1 is 0.939 bits per heavy atom. The van der Waals surface area contributed by atoms with Crippen LogP contribution >= 0.6 is 11.6 Å². The Labute approximate surface area is 198 Å². The molecule has 0 aliphatic carbocycles. The van der Waals surface area contributed by atoms with Crippen LogP contribution < -0.4 is 14.8 Å². The molecule has 0 aliphatic rings. The number of nitrogens with one attached hydrogen (secondary N) is 1. The van der Waals surface area contributed by atoms with Crippen molar-refractivity contribution in [2.24, 2.45) is 0 Å². The van der Waals surface area contributed by atoms with Crippen LogP contribution in [0.3, 0.4) is 0 Å². The van der Waals surface area contributed by atoms with Gasteiger partial charge in [0.2, 0.25) is 9.84 Å². The number of methoxy groups -OCH3 is 2. The molecule has 0 spiro atoms. The van der Waals surface area contributed by atoms with Gasteiger partial charge in [0.05, 0.1) is 30.3 Å². The summed E-state index contributed by atoms with van der Waals surface area (Å²) >= 11 is 5.96. The van der Waals surface area contributed by atoms with Gasteiger partial charge in [-0.1, -0.05) is 41.4 Å². The molecule has 0 atom stereocenters. The first-order valence-corrected chi connectivity index (χ1v) is 12.0. The average Bonchev–Trinajstić information content (AvgIpc) is 2.82. The number of anilines is 1. The topological polar surface area (TPSA) is 77.5 Å². The van der Waals surface area contributed by atoms with Gasteiger partial charge in [-0.15, -0.1) is 0 Å². The van der Waals surface area contributed by atoms with Crippen LogP contribution in [-0.4, -0.2) is 27.6 Å². The number of fused-ring (bicyclic) bond motifs is 1. The minimum absolute atomic E-state index is 0.0663. The van der Waals surface area contributed by atoms with E-state index in [1.807, 2.05) is 31.2 Å². The zero-order valence-electron chi connectivity index (χ0n) is 18.4. The Balaban J connectivity index is 1.90. The molecule has 0 amide bonds. The van der Waals surface area contributed by atoms with E-state index in [0.29, 0.717) is 39.7 Å². The van der Waals surface area contributed by atoms with Gasteiger partial charge in [0.25, 0.3) is 0 Å². The summed E-state index contributed by atoms with van der Waals surface area (Å²) in [6.45, 7) is 2.45. The first kappa shape index (κ1) is 22.9. The van der Waals surface area contributed by atoms with Crippen LogP contribution in [0.25, 0.3) is 10.9 Å². The summed E-state index contributed by atoms with van der Waals surface area (Å²) in [4.78, 5) is 4.62. The van der Waals surface area contributed by atoms with Crippen LogP contribution in [0, 0.1) is 6.92 Å². The second-order valence-corrected chi connectivity index (χ2v) is 9.87. The number of halogens is 1. The van der Waals surface area contributed by atoms with Crippen molar-refractivity contribution in [2.45, 2.75) is 23.3 Å². The highest BCUT2D eigenvalue weighted by molar-refractivity contribution is 7.91. The SMILES string of the molecule is COc1cc2ncc(S(=O)(=O)c3ccc(Cl)cc3)c(NCc3ccc(C)cc3)c2cc1OC. The fourth-order valence-electron chi connectivity index (χ4n) is 3.52. The Morgan fingerprint density at radius 2 is 1.58 bits per heavy atom. The molecule has 1 aromatic heterocycles. The number of aromatic nitrogens is 1. The summed E-state index contributed by atoms with van der Waals surface area (Å²) in [6.07, 6.45) is 1.37. The van der Waals surface area contributed by atoms with E-state index in [9.17, 15) is 8.42 Å². The fraction of sp³-hybridized carbons (Fsp3) is 0.160. The van der Waals surface area contributed by atoms with E-state index >= 15 is 0 Å². The number of rotatable bonds is 7. The predicted molar refractivity (Wildman–Crippen MR) is 130 cm³/mol. The highest BCUT2D eigenvalue weighted by Gasteiger charge is 2.25. The van der Waals surface area contributed by atoms with Crippen LogP contribution in [0.2, 0.25) is 5.02 Å². The molecule has 6 nitrogen and oxygen atoms in total. The number of hydrogen-bond acceptors (Lipinski definition) is 6. The van der Waals surface area contributed by atoms with Crippen LogP contribution in [0.4, 0.5) is 5.69 Å². The van der Waals surface area contributed by atoms with E-state index in [1.54, 1.807) is 31.4 Å². The second-order valence-electron chi connectivity index (χ2n) is 7.52. The molecule has 0 bridgehead atoms. The summed E-state index contributed by atoms with van der Waals surface area (Å²) in [5, 5.41) is 4.39. The normalized spacial score (nSPS) is 11.4. The zero-order valence-corrected chi connectivity index (χ0v) is 20.0. The van der Waals surface area contributed by atoms with Crippen LogP contribution in [0.15, 0.2) is 76.7 Å². The van der Waals surface area contributed by atoms with Gasteiger partial charge in [0.1, 0.15) is 4.90 Å². The molecule has 8 heteroatoms. The standard InChI is InChI=1S/C25H23ClN2O4S/c1-16-4-6-17(7-5-16)14-28-25-20-12-22(31-2)23(32-3)13-21(20)27-15-24(25)33(29,30)19-10-8-18(26)9-11-19/h4-13,15H,14H2,1-3H3,(H,27,28). The number of pyridine rings is 1. The number of hydrogen-bond donors (Lipinski definition) is 1. The van der Waals surface area contributed by atoms with E-state index in [0.717, 1.165) is 11.1 Å². The molecule has 0 saturated heterocycles. The lowest BCUT2D eigenvalue weighted by Gasteiger charge is -2.17. The third kappa shape index (κ3) is 4.60. The molecular weight excluding hydrogens is 460 g/mol. The average molecular weight is 483 g/mol. The zero-order chi connectivity index (χ0) is 23.6. The van der Waals surface area contributed by atoms with Gasteiger partial charge >= 0.3 is 0 Å². The lowest BCUT2D eigenvalue weighted by Crippen LogP contribution is -2.10. The maximum atomic E-state index is 13.6. The third-order valence-electron chi connectivity index (χ3n) is 5.34. The lowest BCUT2D eigenvalue weighted by molar-refractivity contribution is 0.356. The van der Waals surface area contributed by atoms with Gasteiger partial charge in [0.15, 0.2) is 11.5 Å². The van der Waals surface area contributed by atoms with Crippen molar-refractivity contribution >= 4 is 38.0 Å². The van der Waals surface area contributed by atoms with Gasteiger partial charge < -0.3 is 14.8 Å². The Bertz CT molecular complexity index is 1400. The van der Waals surface area contributed by atoms with Gasteiger partial charge in [-0.05, 0) is 42.8 Å². The van der Waals surface area contributed by atoms with Crippen molar-refractivity contribution in [1.29, 1.82) is 0 Å². The van der Waals surface area contributed by atoms with Gasteiger partial charge in [0, 0.05) is 29.2 Å². The number of benzene rings is 3. The molecule has 0 fully saturated rings. The molecule has 0 saturated carbocycles. The molecule has 170 valence electrons. The Morgan fingerprint density at radius 3 is 2.21 bits per heavy atom. The minimum Gasteiger partial charge on any atom is -0.493 e. The van der Waals surface area contributed by atoms with E-state index in [4.69, 9.17) is 21.1 Å². The van der Waals surface area contributed by atoms with Crippen LogP contribution in [-0.2, 0) is 16.4 Å². The summed E-state index contributed by atoms with van der Waals surface area (Å²) in [5.74, 6) is 0.988. The van der Waals surface area contributed by atoms with Crippen LogP contribution in [0.5, 0.6) is 11.5 Å². The van der Waals surface area contributed by atoms with E-state index in [1.165, 1.54) is 25.4 Å². The quantitative estimate of drug-likeness (QED) is 0.366. The first-order valence-electron chi connectivity index (χ1n) is 10.2. The molecular formula is C25H23ClN2O4S. The molecule has 0 unspecified atom stereocenters. The monoisotopic (exact) mass is 482 g/mol. The summed E-state index contributed by atoms with van der Waals surface area (Å²) in [5.41, 5.74) is 3.18. The van der Waals surface area contributed by atoms with Crippen molar-refractivity contribution in [2.75, 3.05) is 19.5 Å². The highest BCUT2D eigenvalue weighted by Crippen LogP contribution is 2.39. The molecule has 4 aromatic rings. The number of aryl methyl sites for hydroxylation is 1. The third-order valence-corrected chi connectivity index (χ3v) is 7.38. The lowest BCUT2D eigenvalue weighted by atomic mass is 10.1. The maximum Gasteiger partial charge on any atom is 0.210 e. The molecule has 33 heavy (non-hydrogen) atoms. The molecule has 1 N–H and O–H groups in total. The largest absolute Gasteiger partial charge is 0.493 e. The highest BCUT2D eigenvalue weighted by atomic mass is 35.5. The van der Waals surface area contributed by atoms with E-state index in [2.05, 4.69) is 10.3 Å². The number of sulfone groups is 1. The number of nitrogens with zero attached hydrogens (tertiary/aromatic N) is 1. The molecule has 3 aromatic carbocycles. The van der Waals surface area contributed by atoms with Crippen molar-refractivity contribution < 1.29 is 17.9 Å². The van der Waals surface area contributed by atoms with Crippen molar-refractivity contribution in [3.8, 4) is 11.5 Å². The minimum atomic E-state index is -3.88. The van der Waals surface area contributed by atoms with E-state index < -0.39 is 9.84 Å². The Kier molecular flexibility index (Phi) is 6.44. The smallest absolute Gasteiger partial charge is 0.210 e.